The van der Waals surface area contributed by atoms with E-state index >= 15 is 0 Å². The summed E-state index contributed by atoms with van der Waals surface area (Å²) in [6, 6.07) is 3.83. The molecule has 2 heterocycles. The van der Waals surface area contributed by atoms with Crippen LogP contribution in [0.1, 0.15) is 25.5 Å². The standard InChI is InChI=1S/C10H14N2O/c1-10(2)7(6-11)9-8(13-10)4-3-5-12-9/h3-5,7H,6,11H2,1-2H3. The summed E-state index contributed by atoms with van der Waals surface area (Å²) in [6.45, 7) is 4.68. The highest BCUT2D eigenvalue weighted by Gasteiger charge is 2.40. The zero-order valence-corrected chi connectivity index (χ0v) is 7.95. The molecule has 1 aliphatic heterocycles. The fourth-order valence-corrected chi connectivity index (χ4v) is 1.83. The van der Waals surface area contributed by atoms with Crippen LogP contribution >= 0.6 is 0 Å². The Morgan fingerprint density at radius 3 is 3.08 bits per heavy atom. The fourth-order valence-electron chi connectivity index (χ4n) is 1.83. The molecule has 0 radical (unpaired) electrons. The van der Waals surface area contributed by atoms with Crippen LogP contribution in [0.3, 0.4) is 0 Å². The molecule has 0 saturated carbocycles. The van der Waals surface area contributed by atoms with Crippen molar-refractivity contribution in [2.75, 3.05) is 6.54 Å². The number of ether oxygens (including phenoxy) is 1. The Balaban J connectivity index is 2.46. The van der Waals surface area contributed by atoms with Crippen molar-refractivity contribution in [3.05, 3.63) is 24.0 Å². The summed E-state index contributed by atoms with van der Waals surface area (Å²) in [5, 5.41) is 0. The fraction of sp³-hybridized carbons (Fsp3) is 0.500. The molecule has 0 aromatic carbocycles. The van der Waals surface area contributed by atoms with Gasteiger partial charge in [0, 0.05) is 12.7 Å². The summed E-state index contributed by atoms with van der Waals surface area (Å²) >= 11 is 0. The molecule has 2 N–H and O–H groups in total. The van der Waals surface area contributed by atoms with Crippen molar-refractivity contribution < 1.29 is 4.74 Å². The molecule has 0 fully saturated rings. The maximum Gasteiger partial charge on any atom is 0.142 e. The number of rotatable bonds is 1. The highest BCUT2D eigenvalue weighted by Crippen LogP contribution is 2.42. The highest BCUT2D eigenvalue weighted by atomic mass is 16.5. The van der Waals surface area contributed by atoms with Gasteiger partial charge in [-0.25, -0.2) is 0 Å². The maximum atomic E-state index is 5.76. The Hall–Kier alpha value is -1.09. The van der Waals surface area contributed by atoms with Crippen LogP contribution in [0.4, 0.5) is 0 Å². The summed E-state index contributed by atoms with van der Waals surface area (Å²) in [7, 11) is 0. The van der Waals surface area contributed by atoms with Gasteiger partial charge in [-0.1, -0.05) is 0 Å². The first kappa shape index (κ1) is 8.51. The number of pyridine rings is 1. The van der Waals surface area contributed by atoms with Crippen molar-refractivity contribution in [2.24, 2.45) is 5.73 Å². The molecule has 1 aromatic rings. The van der Waals surface area contributed by atoms with Crippen LogP contribution in [0.5, 0.6) is 5.75 Å². The molecule has 0 saturated heterocycles. The average molecular weight is 178 g/mol. The smallest absolute Gasteiger partial charge is 0.142 e. The van der Waals surface area contributed by atoms with E-state index in [0.717, 1.165) is 11.4 Å². The first-order chi connectivity index (χ1) is 6.15. The van der Waals surface area contributed by atoms with Gasteiger partial charge in [-0.2, -0.15) is 0 Å². The largest absolute Gasteiger partial charge is 0.485 e. The molecule has 1 aliphatic rings. The van der Waals surface area contributed by atoms with Crippen molar-refractivity contribution in [1.82, 2.24) is 4.98 Å². The lowest BCUT2D eigenvalue weighted by molar-refractivity contribution is 0.112. The van der Waals surface area contributed by atoms with E-state index in [-0.39, 0.29) is 11.5 Å². The minimum Gasteiger partial charge on any atom is -0.485 e. The second-order valence-corrected chi connectivity index (χ2v) is 3.88. The lowest BCUT2D eigenvalue weighted by Crippen LogP contribution is -2.34. The van der Waals surface area contributed by atoms with Gasteiger partial charge in [0.05, 0.1) is 11.6 Å². The number of nitrogens with zero attached hydrogens (tertiary/aromatic N) is 1. The molecule has 3 heteroatoms. The molecule has 70 valence electrons. The maximum absolute atomic E-state index is 5.76. The third-order valence-electron chi connectivity index (χ3n) is 2.58. The van der Waals surface area contributed by atoms with Crippen molar-refractivity contribution in [3.63, 3.8) is 0 Å². The van der Waals surface area contributed by atoms with Gasteiger partial charge in [0.15, 0.2) is 0 Å². The molecule has 0 amide bonds. The Morgan fingerprint density at radius 2 is 2.38 bits per heavy atom. The Kier molecular flexibility index (Phi) is 1.77. The van der Waals surface area contributed by atoms with Gasteiger partial charge in [-0.05, 0) is 26.0 Å². The Bertz CT molecular complexity index is 322. The van der Waals surface area contributed by atoms with Crippen molar-refractivity contribution in [3.8, 4) is 5.75 Å². The number of hydrogen-bond donors (Lipinski definition) is 1. The van der Waals surface area contributed by atoms with E-state index in [4.69, 9.17) is 10.5 Å². The molecule has 1 unspecified atom stereocenters. The average Bonchev–Trinajstić information content (AvgIpc) is 2.33. The lowest BCUT2D eigenvalue weighted by Gasteiger charge is -2.24. The van der Waals surface area contributed by atoms with Gasteiger partial charge in [-0.3, -0.25) is 4.98 Å². The van der Waals surface area contributed by atoms with E-state index in [1.807, 2.05) is 26.0 Å². The summed E-state index contributed by atoms with van der Waals surface area (Å²) < 4.78 is 5.76. The summed E-state index contributed by atoms with van der Waals surface area (Å²) in [6.07, 6.45) is 1.78. The van der Waals surface area contributed by atoms with Crippen LogP contribution < -0.4 is 10.5 Å². The number of nitrogens with two attached hydrogens (primary N) is 1. The van der Waals surface area contributed by atoms with Crippen molar-refractivity contribution in [1.29, 1.82) is 0 Å². The minimum atomic E-state index is -0.217. The van der Waals surface area contributed by atoms with Gasteiger partial charge in [-0.15, -0.1) is 0 Å². The van der Waals surface area contributed by atoms with Crippen LogP contribution in [0.25, 0.3) is 0 Å². The van der Waals surface area contributed by atoms with E-state index in [9.17, 15) is 0 Å². The second-order valence-electron chi connectivity index (χ2n) is 3.88. The van der Waals surface area contributed by atoms with Gasteiger partial charge in [0.25, 0.3) is 0 Å². The summed E-state index contributed by atoms with van der Waals surface area (Å²) in [5.41, 5.74) is 6.48. The van der Waals surface area contributed by atoms with Crippen LogP contribution in [0, 0.1) is 0 Å². The van der Waals surface area contributed by atoms with Crippen LogP contribution in [-0.4, -0.2) is 17.1 Å². The van der Waals surface area contributed by atoms with E-state index in [2.05, 4.69) is 4.98 Å². The first-order valence-electron chi connectivity index (χ1n) is 4.49. The van der Waals surface area contributed by atoms with Crippen LogP contribution in [-0.2, 0) is 0 Å². The molecular weight excluding hydrogens is 164 g/mol. The van der Waals surface area contributed by atoms with Crippen molar-refractivity contribution >= 4 is 0 Å². The van der Waals surface area contributed by atoms with Crippen LogP contribution in [0.15, 0.2) is 18.3 Å². The minimum absolute atomic E-state index is 0.212. The Morgan fingerprint density at radius 1 is 1.62 bits per heavy atom. The number of fused-ring (bicyclic) bond motifs is 1. The monoisotopic (exact) mass is 178 g/mol. The van der Waals surface area contributed by atoms with Gasteiger partial charge >= 0.3 is 0 Å². The topological polar surface area (TPSA) is 48.1 Å². The van der Waals surface area contributed by atoms with Crippen LogP contribution in [0.2, 0.25) is 0 Å². The quantitative estimate of drug-likeness (QED) is 0.705. The summed E-state index contributed by atoms with van der Waals surface area (Å²) in [4.78, 5) is 4.30. The number of hydrogen-bond acceptors (Lipinski definition) is 3. The normalized spacial score (nSPS) is 23.8. The van der Waals surface area contributed by atoms with E-state index in [1.54, 1.807) is 6.20 Å². The van der Waals surface area contributed by atoms with Gasteiger partial charge in [0.2, 0.25) is 0 Å². The predicted molar refractivity (Wildman–Crippen MR) is 50.7 cm³/mol. The van der Waals surface area contributed by atoms with Crippen molar-refractivity contribution in [2.45, 2.75) is 25.4 Å². The third kappa shape index (κ3) is 1.20. The molecule has 2 rings (SSSR count). The number of aromatic nitrogens is 1. The summed E-state index contributed by atoms with van der Waals surface area (Å²) in [5.74, 6) is 1.09. The third-order valence-corrected chi connectivity index (χ3v) is 2.58. The molecule has 1 aromatic heterocycles. The zero-order chi connectivity index (χ0) is 9.47. The predicted octanol–water partition coefficient (Wildman–Crippen LogP) is 1.29. The van der Waals surface area contributed by atoms with E-state index in [0.29, 0.717) is 6.54 Å². The lowest BCUT2D eigenvalue weighted by atomic mass is 9.90. The molecule has 3 nitrogen and oxygen atoms in total. The Labute approximate surface area is 77.9 Å². The second kappa shape index (κ2) is 2.70. The zero-order valence-electron chi connectivity index (χ0n) is 7.95. The van der Waals surface area contributed by atoms with E-state index < -0.39 is 0 Å². The highest BCUT2D eigenvalue weighted by molar-refractivity contribution is 5.37. The molecule has 0 bridgehead atoms. The van der Waals surface area contributed by atoms with Gasteiger partial charge in [0.1, 0.15) is 11.4 Å². The molecule has 13 heavy (non-hydrogen) atoms. The van der Waals surface area contributed by atoms with Gasteiger partial charge < -0.3 is 10.5 Å². The van der Waals surface area contributed by atoms with E-state index in [1.165, 1.54) is 0 Å². The molecular formula is C10H14N2O. The molecule has 1 atom stereocenters. The molecule has 0 aliphatic carbocycles. The molecule has 0 spiro atoms. The first-order valence-corrected chi connectivity index (χ1v) is 4.49. The SMILES string of the molecule is CC1(C)Oc2cccnc2C1CN.